The van der Waals surface area contributed by atoms with Gasteiger partial charge in [-0.1, -0.05) is 0 Å². The van der Waals surface area contributed by atoms with E-state index in [0.717, 1.165) is 12.8 Å². The summed E-state index contributed by atoms with van der Waals surface area (Å²) >= 11 is 3.00. The molecule has 9 heteroatoms. The molecular formula is C13H17BrF3N3O2. The first kappa shape index (κ1) is 17.3. The van der Waals surface area contributed by atoms with Crippen LogP contribution in [0.25, 0.3) is 0 Å². The van der Waals surface area contributed by atoms with E-state index < -0.39 is 17.9 Å². The van der Waals surface area contributed by atoms with Gasteiger partial charge in [-0.2, -0.15) is 18.3 Å². The SMILES string of the molecule is COCCNC(=O)C(C)n1nc(C(F)(F)F)c(Br)c1C1CC1. The van der Waals surface area contributed by atoms with Crippen molar-refractivity contribution in [2.75, 3.05) is 20.3 Å². The van der Waals surface area contributed by atoms with Crippen molar-refractivity contribution in [2.24, 2.45) is 0 Å². The normalized spacial score (nSPS) is 16.6. The van der Waals surface area contributed by atoms with Crippen molar-refractivity contribution in [1.29, 1.82) is 0 Å². The Morgan fingerprint density at radius 1 is 1.55 bits per heavy atom. The summed E-state index contributed by atoms with van der Waals surface area (Å²) in [5, 5.41) is 6.26. The number of carbonyl (C=O) groups is 1. The van der Waals surface area contributed by atoms with Crippen LogP contribution in [0.5, 0.6) is 0 Å². The topological polar surface area (TPSA) is 56.1 Å². The van der Waals surface area contributed by atoms with Crippen LogP contribution in [0.1, 0.15) is 43.1 Å². The number of carbonyl (C=O) groups excluding carboxylic acids is 1. The quantitative estimate of drug-likeness (QED) is 0.768. The molecule has 22 heavy (non-hydrogen) atoms. The second kappa shape index (κ2) is 6.57. The van der Waals surface area contributed by atoms with E-state index in [9.17, 15) is 18.0 Å². The molecule has 1 heterocycles. The molecule has 0 spiro atoms. The minimum Gasteiger partial charge on any atom is -0.383 e. The van der Waals surface area contributed by atoms with Crippen LogP contribution in [0, 0.1) is 0 Å². The molecule has 5 nitrogen and oxygen atoms in total. The average molecular weight is 384 g/mol. The van der Waals surface area contributed by atoms with Gasteiger partial charge in [-0.15, -0.1) is 0 Å². The second-order valence-corrected chi connectivity index (χ2v) is 6.02. The minimum atomic E-state index is -4.56. The summed E-state index contributed by atoms with van der Waals surface area (Å²) in [5.41, 5.74) is -0.535. The Morgan fingerprint density at radius 3 is 2.68 bits per heavy atom. The van der Waals surface area contributed by atoms with E-state index in [1.54, 1.807) is 0 Å². The number of hydrogen-bond donors (Lipinski definition) is 1. The maximum Gasteiger partial charge on any atom is 0.436 e. The molecule has 2 rings (SSSR count). The Kier molecular flexibility index (Phi) is 5.16. The van der Waals surface area contributed by atoms with E-state index in [2.05, 4.69) is 26.3 Å². The predicted octanol–water partition coefficient (Wildman–Crippen LogP) is 2.87. The van der Waals surface area contributed by atoms with Crippen LogP contribution in [0.3, 0.4) is 0 Å². The summed E-state index contributed by atoms with van der Waals surface area (Å²) in [6.07, 6.45) is -2.95. The van der Waals surface area contributed by atoms with Crippen molar-refractivity contribution in [1.82, 2.24) is 15.1 Å². The maximum absolute atomic E-state index is 13.0. The molecular weight excluding hydrogens is 367 g/mol. The monoisotopic (exact) mass is 383 g/mol. The number of alkyl halides is 3. The van der Waals surface area contributed by atoms with Gasteiger partial charge in [-0.3, -0.25) is 9.48 Å². The van der Waals surface area contributed by atoms with Gasteiger partial charge in [0.1, 0.15) is 6.04 Å². The number of amides is 1. The molecule has 0 aliphatic heterocycles. The van der Waals surface area contributed by atoms with E-state index in [1.165, 1.54) is 18.7 Å². The second-order valence-electron chi connectivity index (χ2n) is 5.22. The molecule has 1 saturated carbocycles. The van der Waals surface area contributed by atoms with Crippen LogP contribution in [0.15, 0.2) is 4.47 Å². The fourth-order valence-electron chi connectivity index (χ4n) is 2.16. The zero-order valence-electron chi connectivity index (χ0n) is 12.2. The highest BCUT2D eigenvalue weighted by Crippen LogP contribution is 2.47. The number of aromatic nitrogens is 2. The molecule has 1 fully saturated rings. The zero-order valence-corrected chi connectivity index (χ0v) is 13.8. The molecule has 1 amide bonds. The first-order chi connectivity index (χ1) is 10.3. The number of methoxy groups -OCH3 is 1. The van der Waals surface area contributed by atoms with E-state index in [0.29, 0.717) is 18.8 Å². The highest BCUT2D eigenvalue weighted by Gasteiger charge is 2.42. The molecule has 0 saturated heterocycles. The summed E-state index contributed by atoms with van der Waals surface area (Å²) in [5.74, 6) is -0.366. The maximum atomic E-state index is 13.0. The molecule has 1 aliphatic carbocycles. The van der Waals surface area contributed by atoms with Crippen LogP contribution in [0.4, 0.5) is 13.2 Å². The smallest absolute Gasteiger partial charge is 0.383 e. The van der Waals surface area contributed by atoms with E-state index in [1.807, 2.05) is 0 Å². The van der Waals surface area contributed by atoms with Crippen molar-refractivity contribution >= 4 is 21.8 Å². The van der Waals surface area contributed by atoms with Gasteiger partial charge in [0.25, 0.3) is 0 Å². The Balaban J connectivity index is 2.27. The van der Waals surface area contributed by atoms with Crippen molar-refractivity contribution in [3.63, 3.8) is 0 Å². The molecule has 1 atom stereocenters. The molecule has 0 radical (unpaired) electrons. The third-order valence-electron chi connectivity index (χ3n) is 3.47. The highest BCUT2D eigenvalue weighted by atomic mass is 79.9. The van der Waals surface area contributed by atoms with Crippen LogP contribution in [0.2, 0.25) is 0 Å². The number of ether oxygens (including phenoxy) is 1. The lowest BCUT2D eigenvalue weighted by atomic mass is 10.2. The number of nitrogens with zero attached hydrogens (tertiary/aromatic N) is 2. The third-order valence-corrected chi connectivity index (χ3v) is 4.25. The van der Waals surface area contributed by atoms with Crippen LogP contribution < -0.4 is 5.32 Å². The Labute approximate surface area is 134 Å². The summed E-state index contributed by atoms with van der Waals surface area (Å²) < 4.78 is 45.0. The Hall–Kier alpha value is -1.09. The van der Waals surface area contributed by atoms with Gasteiger partial charge in [-0.25, -0.2) is 0 Å². The fraction of sp³-hybridized carbons (Fsp3) is 0.692. The lowest BCUT2D eigenvalue weighted by Gasteiger charge is -2.15. The van der Waals surface area contributed by atoms with Gasteiger partial charge in [0, 0.05) is 19.6 Å². The minimum absolute atomic E-state index is 0.0206. The molecule has 1 aromatic heterocycles. The van der Waals surface area contributed by atoms with Gasteiger partial charge in [0.15, 0.2) is 5.69 Å². The molecule has 0 bridgehead atoms. The van der Waals surface area contributed by atoms with Crippen molar-refractivity contribution in [3.05, 3.63) is 15.9 Å². The Bertz CT molecular complexity index is 555. The van der Waals surface area contributed by atoms with Crippen molar-refractivity contribution in [2.45, 2.75) is 37.9 Å². The average Bonchev–Trinajstić information content (AvgIpc) is 3.20. The number of nitrogens with one attached hydrogen (secondary N) is 1. The number of halogens is 4. The van der Waals surface area contributed by atoms with Crippen LogP contribution >= 0.6 is 15.9 Å². The first-order valence-electron chi connectivity index (χ1n) is 6.89. The molecule has 1 aromatic rings. The van der Waals surface area contributed by atoms with Crippen molar-refractivity contribution < 1.29 is 22.7 Å². The molecule has 0 aromatic carbocycles. The Morgan fingerprint density at radius 2 is 2.18 bits per heavy atom. The lowest BCUT2D eigenvalue weighted by Crippen LogP contribution is -2.34. The summed E-state index contributed by atoms with van der Waals surface area (Å²) in [7, 11) is 1.50. The molecule has 1 aliphatic rings. The van der Waals surface area contributed by atoms with E-state index in [-0.39, 0.29) is 16.3 Å². The largest absolute Gasteiger partial charge is 0.436 e. The van der Waals surface area contributed by atoms with Gasteiger partial charge in [0.05, 0.1) is 16.8 Å². The highest BCUT2D eigenvalue weighted by molar-refractivity contribution is 9.10. The third kappa shape index (κ3) is 3.62. The standard InChI is InChI=1S/C13H17BrF3N3O2/c1-7(12(21)18-5-6-22-2)20-10(8-3-4-8)9(14)11(19-20)13(15,16)17/h7-8H,3-6H2,1-2H3,(H,18,21). The lowest BCUT2D eigenvalue weighted by molar-refractivity contribution is -0.142. The summed E-state index contributed by atoms with van der Waals surface area (Å²) in [4.78, 5) is 12.1. The van der Waals surface area contributed by atoms with E-state index in [4.69, 9.17) is 4.74 Å². The van der Waals surface area contributed by atoms with Gasteiger partial charge < -0.3 is 10.1 Å². The predicted molar refractivity (Wildman–Crippen MR) is 76.5 cm³/mol. The van der Waals surface area contributed by atoms with E-state index >= 15 is 0 Å². The van der Waals surface area contributed by atoms with Crippen LogP contribution in [-0.2, 0) is 15.7 Å². The summed E-state index contributed by atoms with van der Waals surface area (Å²) in [6, 6.07) is -0.820. The molecule has 1 N–H and O–H groups in total. The van der Waals surface area contributed by atoms with Gasteiger partial charge >= 0.3 is 6.18 Å². The van der Waals surface area contributed by atoms with Crippen LogP contribution in [-0.4, -0.2) is 35.9 Å². The first-order valence-corrected chi connectivity index (χ1v) is 7.68. The van der Waals surface area contributed by atoms with Crippen molar-refractivity contribution in [3.8, 4) is 0 Å². The number of hydrogen-bond acceptors (Lipinski definition) is 3. The summed E-state index contributed by atoms with van der Waals surface area (Å²) in [6.45, 7) is 2.17. The fourth-order valence-corrected chi connectivity index (χ4v) is 2.97. The molecule has 124 valence electrons. The number of rotatable bonds is 6. The van der Waals surface area contributed by atoms with Gasteiger partial charge in [0.2, 0.25) is 5.91 Å². The molecule has 1 unspecified atom stereocenters. The zero-order chi connectivity index (χ0) is 16.5. The van der Waals surface area contributed by atoms with Gasteiger partial charge in [-0.05, 0) is 35.7 Å².